The standard InChI is InChI=1S/C22H27N5/c1-17(20-9-4-10-21(13-20)27-15-24-25-16-27)26-22(19-7-2-3-8-19)12-18-6-5-11-23-14-18/h4-6,9-11,13-17,19,22,26H,2-3,7-8,12H2,1H3. The molecule has 1 aromatic carbocycles. The molecule has 2 aromatic heterocycles. The third kappa shape index (κ3) is 4.42. The summed E-state index contributed by atoms with van der Waals surface area (Å²) in [6.07, 6.45) is 13.7. The third-order valence-electron chi connectivity index (χ3n) is 5.70. The van der Waals surface area contributed by atoms with Gasteiger partial charge in [-0.1, -0.05) is 31.0 Å². The van der Waals surface area contributed by atoms with Crippen molar-refractivity contribution in [3.8, 4) is 5.69 Å². The molecule has 1 aliphatic rings. The minimum Gasteiger partial charge on any atom is -0.307 e. The molecule has 0 saturated heterocycles. The maximum Gasteiger partial charge on any atom is 0.123 e. The van der Waals surface area contributed by atoms with Crippen LogP contribution in [0.4, 0.5) is 0 Å². The average molecular weight is 361 g/mol. The predicted octanol–water partition coefficient (Wildman–Crippen LogP) is 4.11. The number of benzene rings is 1. The predicted molar refractivity (Wildman–Crippen MR) is 107 cm³/mol. The molecular formula is C22H27N5. The summed E-state index contributed by atoms with van der Waals surface area (Å²) in [5.41, 5.74) is 3.69. The Hall–Kier alpha value is -2.53. The molecule has 1 N–H and O–H groups in total. The van der Waals surface area contributed by atoms with Crippen LogP contribution in [0.1, 0.15) is 49.8 Å². The molecule has 4 rings (SSSR count). The first-order valence-electron chi connectivity index (χ1n) is 9.89. The fourth-order valence-corrected chi connectivity index (χ4v) is 4.20. The van der Waals surface area contributed by atoms with Crippen molar-refractivity contribution in [3.63, 3.8) is 0 Å². The van der Waals surface area contributed by atoms with Crippen LogP contribution in [-0.2, 0) is 6.42 Å². The number of hydrogen-bond acceptors (Lipinski definition) is 4. The highest BCUT2D eigenvalue weighted by atomic mass is 15.2. The Bertz CT molecular complexity index is 825. The molecule has 0 radical (unpaired) electrons. The topological polar surface area (TPSA) is 55.6 Å². The quantitative estimate of drug-likeness (QED) is 0.688. The molecule has 2 heterocycles. The first-order valence-corrected chi connectivity index (χ1v) is 9.89. The van der Waals surface area contributed by atoms with E-state index < -0.39 is 0 Å². The van der Waals surface area contributed by atoms with Gasteiger partial charge in [0, 0.05) is 30.2 Å². The van der Waals surface area contributed by atoms with Crippen molar-refractivity contribution >= 4 is 0 Å². The maximum absolute atomic E-state index is 4.30. The van der Waals surface area contributed by atoms with Crippen LogP contribution in [-0.4, -0.2) is 25.8 Å². The molecule has 0 spiro atoms. The van der Waals surface area contributed by atoms with Gasteiger partial charge in [0.25, 0.3) is 0 Å². The minimum absolute atomic E-state index is 0.281. The van der Waals surface area contributed by atoms with Gasteiger partial charge in [0.15, 0.2) is 0 Å². The summed E-state index contributed by atoms with van der Waals surface area (Å²) >= 11 is 0. The lowest BCUT2D eigenvalue weighted by atomic mass is 9.91. The summed E-state index contributed by atoms with van der Waals surface area (Å²) in [4.78, 5) is 4.30. The van der Waals surface area contributed by atoms with Gasteiger partial charge in [0.2, 0.25) is 0 Å². The second-order valence-electron chi connectivity index (χ2n) is 7.57. The summed E-state index contributed by atoms with van der Waals surface area (Å²) in [7, 11) is 0. The Kier molecular flexibility index (Phi) is 5.58. The second-order valence-corrected chi connectivity index (χ2v) is 7.57. The summed E-state index contributed by atoms with van der Waals surface area (Å²) in [6, 6.07) is 13.6. The van der Waals surface area contributed by atoms with E-state index in [2.05, 4.69) is 57.8 Å². The fraction of sp³-hybridized carbons (Fsp3) is 0.409. The van der Waals surface area contributed by atoms with Crippen molar-refractivity contribution in [1.29, 1.82) is 0 Å². The Morgan fingerprint density at radius 2 is 1.93 bits per heavy atom. The van der Waals surface area contributed by atoms with Gasteiger partial charge in [-0.25, -0.2) is 0 Å². The summed E-state index contributed by atoms with van der Waals surface area (Å²) in [5.74, 6) is 0.744. The molecule has 5 nitrogen and oxygen atoms in total. The first-order chi connectivity index (χ1) is 13.3. The van der Waals surface area contributed by atoms with Gasteiger partial charge in [-0.05, 0) is 61.4 Å². The van der Waals surface area contributed by atoms with Crippen LogP contribution in [0.3, 0.4) is 0 Å². The number of pyridine rings is 1. The molecule has 140 valence electrons. The van der Waals surface area contributed by atoms with Crippen LogP contribution < -0.4 is 5.32 Å². The summed E-state index contributed by atoms with van der Waals surface area (Å²) in [6.45, 7) is 2.26. The minimum atomic E-state index is 0.281. The number of nitrogens with zero attached hydrogens (tertiary/aromatic N) is 4. The Balaban J connectivity index is 1.51. The molecule has 2 atom stereocenters. The number of hydrogen-bond donors (Lipinski definition) is 1. The molecule has 1 fully saturated rings. The van der Waals surface area contributed by atoms with Crippen molar-refractivity contribution < 1.29 is 0 Å². The van der Waals surface area contributed by atoms with Crippen LogP contribution in [0.25, 0.3) is 5.69 Å². The molecule has 2 unspecified atom stereocenters. The van der Waals surface area contributed by atoms with E-state index >= 15 is 0 Å². The van der Waals surface area contributed by atoms with Crippen LogP contribution in [0.5, 0.6) is 0 Å². The normalized spacial score (nSPS) is 17.1. The summed E-state index contributed by atoms with van der Waals surface area (Å²) < 4.78 is 1.94. The van der Waals surface area contributed by atoms with Crippen molar-refractivity contribution in [2.45, 2.75) is 51.1 Å². The van der Waals surface area contributed by atoms with Crippen LogP contribution in [0, 0.1) is 5.92 Å². The molecule has 27 heavy (non-hydrogen) atoms. The smallest absolute Gasteiger partial charge is 0.123 e. The number of aromatic nitrogens is 4. The van der Waals surface area contributed by atoms with Crippen molar-refractivity contribution in [2.75, 3.05) is 0 Å². The van der Waals surface area contributed by atoms with E-state index in [4.69, 9.17) is 0 Å². The van der Waals surface area contributed by atoms with Gasteiger partial charge in [0.1, 0.15) is 12.7 Å². The van der Waals surface area contributed by atoms with E-state index in [9.17, 15) is 0 Å². The lowest BCUT2D eigenvalue weighted by Gasteiger charge is -2.29. The van der Waals surface area contributed by atoms with Gasteiger partial charge in [-0.3, -0.25) is 9.55 Å². The highest BCUT2D eigenvalue weighted by Gasteiger charge is 2.26. The lowest BCUT2D eigenvalue weighted by Crippen LogP contribution is -2.38. The molecule has 0 bridgehead atoms. The Morgan fingerprint density at radius 1 is 1.11 bits per heavy atom. The fourth-order valence-electron chi connectivity index (χ4n) is 4.20. The zero-order valence-electron chi connectivity index (χ0n) is 15.8. The van der Waals surface area contributed by atoms with E-state index in [1.807, 2.05) is 23.0 Å². The third-order valence-corrected chi connectivity index (χ3v) is 5.70. The highest BCUT2D eigenvalue weighted by Crippen LogP contribution is 2.31. The molecule has 1 aliphatic carbocycles. The van der Waals surface area contributed by atoms with Crippen molar-refractivity contribution in [1.82, 2.24) is 25.1 Å². The highest BCUT2D eigenvalue weighted by molar-refractivity contribution is 5.36. The molecule has 0 aliphatic heterocycles. The number of rotatable bonds is 7. The average Bonchev–Trinajstić information content (AvgIpc) is 3.42. The monoisotopic (exact) mass is 361 g/mol. The van der Waals surface area contributed by atoms with E-state index in [1.54, 1.807) is 12.7 Å². The molecular weight excluding hydrogens is 334 g/mol. The van der Waals surface area contributed by atoms with Gasteiger partial charge in [-0.15, -0.1) is 10.2 Å². The van der Waals surface area contributed by atoms with Gasteiger partial charge >= 0.3 is 0 Å². The van der Waals surface area contributed by atoms with Crippen LogP contribution in [0.15, 0.2) is 61.4 Å². The first kappa shape index (κ1) is 17.9. The van der Waals surface area contributed by atoms with E-state index in [0.717, 1.165) is 18.0 Å². The Morgan fingerprint density at radius 3 is 2.67 bits per heavy atom. The van der Waals surface area contributed by atoms with Crippen molar-refractivity contribution in [2.24, 2.45) is 5.92 Å². The largest absolute Gasteiger partial charge is 0.307 e. The SMILES string of the molecule is CC(NC(Cc1cccnc1)C1CCCC1)c1cccc(-n2cnnc2)c1. The van der Waals surface area contributed by atoms with E-state index in [1.165, 1.54) is 36.8 Å². The molecule has 5 heteroatoms. The lowest BCUT2D eigenvalue weighted by molar-refractivity contribution is 0.329. The van der Waals surface area contributed by atoms with Gasteiger partial charge in [0.05, 0.1) is 0 Å². The second kappa shape index (κ2) is 8.44. The van der Waals surface area contributed by atoms with Crippen LogP contribution >= 0.6 is 0 Å². The Labute approximate surface area is 160 Å². The molecule has 3 aromatic rings. The molecule has 0 amide bonds. The van der Waals surface area contributed by atoms with Crippen LogP contribution in [0.2, 0.25) is 0 Å². The zero-order chi connectivity index (χ0) is 18.5. The van der Waals surface area contributed by atoms with Gasteiger partial charge < -0.3 is 5.32 Å². The summed E-state index contributed by atoms with van der Waals surface area (Å²) in [5, 5.41) is 11.8. The van der Waals surface area contributed by atoms with Gasteiger partial charge in [-0.2, -0.15) is 0 Å². The van der Waals surface area contributed by atoms with E-state index in [0.29, 0.717) is 6.04 Å². The number of nitrogens with one attached hydrogen (secondary N) is 1. The molecule has 1 saturated carbocycles. The maximum atomic E-state index is 4.30. The van der Waals surface area contributed by atoms with Crippen molar-refractivity contribution in [3.05, 3.63) is 72.6 Å². The zero-order valence-corrected chi connectivity index (χ0v) is 15.8. The van der Waals surface area contributed by atoms with E-state index in [-0.39, 0.29) is 6.04 Å².